The largest absolute Gasteiger partial charge is 0.496 e. The van der Waals surface area contributed by atoms with Gasteiger partial charge in [0.25, 0.3) is 0 Å². The molecule has 0 radical (unpaired) electrons. The van der Waals surface area contributed by atoms with Crippen LogP contribution in [0.1, 0.15) is 22.3 Å². The van der Waals surface area contributed by atoms with Crippen molar-refractivity contribution >= 4 is 27.9 Å². The van der Waals surface area contributed by atoms with Crippen molar-refractivity contribution in [2.24, 2.45) is 0 Å². The Balaban J connectivity index is 3.26. The van der Waals surface area contributed by atoms with E-state index in [2.05, 4.69) is 15.9 Å². The van der Waals surface area contributed by atoms with Gasteiger partial charge in [-0.05, 0) is 24.1 Å². The summed E-state index contributed by atoms with van der Waals surface area (Å²) in [5, 5.41) is 8.72. The van der Waals surface area contributed by atoms with Crippen molar-refractivity contribution in [2.45, 2.75) is 12.8 Å². The number of rotatable bonds is 5. The first-order valence-electron chi connectivity index (χ1n) is 5.16. The molecular weight excluding hydrogens is 304 g/mol. The van der Waals surface area contributed by atoms with Crippen molar-refractivity contribution in [1.29, 1.82) is 0 Å². The number of aliphatic carboxylic acids is 1. The number of ether oxygens (including phenoxy) is 2. The Labute approximate surface area is 113 Å². The van der Waals surface area contributed by atoms with Crippen molar-refractivity contribution in [3.05, 3.63) is 27.7 Å². The summed E-state index contributed by atoms with van der Waals surface area (Å²) < 4.78 is 10.5. The molecule has 0 aliphatic heterocycles. The molecule has 0 saturated heterocycles. The summed E-state index contributed by atoms with van der Waals surface area (Å²) in [7, 11) is 2.71. The van der Waals surface area contributed by atoms with E-state index in [0.717, 1.165) is 0 Å². The average Bonchev–Trinajstić information content (AvgIpc) is 2.35. The minimum atomic E-state index is -0.930. The quantitative estimate of drug-likeness (QED) is 0.843. The molecular formula is C12H13BrO5. The van der Waals surface area contributed by atoms with E-state index >= 15 is 0 Å². The van der Waals surface area contributed by atoms with Crippen LogP contribution in [0.3, 0.4) is 0 Å². The third-order valence-electron chi connectivity index (χ3n) is 2.42. The van der Waals surface area contributed by atoms with E-state index in [4.69, 9.17) is 14.6 Å². The van der Waals surface area contributed by atoms with Gasteiger partial charge in [-0.1, -0.05) is 15.9 Å². The minimum Gasteiger partial charge on any atom is -0.496 e. The molecule has 6 heteroatoms. The first-order valence-corrected chi connectivity index (χ1v) is 5.96. The normalized spacial score (nSPS) is 9.94. The van der Waals surface area contributed by atoms with Crippen LogP contribution in [0.15, 0.2) is 16.6 Å². The summed E-state index contributed by atoms with van der Waals surface area (Å²) in [5.41, 5.74) is 0.833. The molecule has 1 N–H and O–H groups in total. The van der Waals surface area contributed by atoms with E-state index in [1.54, 1.807) is 12.1 Å². The summed E-state index contributed by atoms with van der Waals surface area (Å²) in [6, 6.07) is 3.34. The van der Waals surface area contributed by atoms with Crippen molar-refractivity contribution in [3.63, 3.8) is 0 Å². The zero-order chi connectivity index (χ0) is 13.7. The van der Waals surface area contributed by atoms with Gasteiger partial charge in [-0.2, -0.15) is 0 Å². The van der Waals surface area contributed by atoms with Gasteiger partial charge in [0, 0.05) is 10.9 Å². The van der Waals surface area contributed by atoms with Crippen LogP contribution < -0.4 is 4.74 Å². The molecule has 0 bridgehead atoms. The predicted octanol–water partition coefficient (Wildman–Crippen LogP) is 2.26. The van der Waals surface area contributed by atoms with Crippen molar-refractivity contribution in [3.8, 4) is 5.75 Å². The highest BCUT2D eigenvalue weighted by Gasteiger charge is 2.20. The van der Waals surface area contributed by atoms with Crippen LogP contribution in [0.4, 0.5) is 0 Å². The number of benzene rings is 1. The average molecular weight is 317 g/mol. The van der Waals surface area contributed by atoms with Gasteiger partial charge in [-0.3, -0.25) is 4.79 Å². The highest BCUT2D eigenvalue weighted by molar-refractivity contribution is 9.10. The van der Waals surface area contributed by atoms with E-state index in [9.17, 15) is 9.59 Å². The lowest BCUT2D eigenvalue weighted by molar-refractivity contribution is -0.136. The lowest BCUT2D eigenvalue weighted by Crippen LogP contribution is -2.10. The fraction of sp³-hybridized carbons (Fsp3) is 0.333. The molecule has 0 fully saturated rings. The van der Waals surface area contributed by atoms with Crippen LogP contribution >= 0.6 is 15.9 Å². The van der Waals surface area contributed by atoms with Gasteiger partial charge in [0.2, 0.25) is 0 Å². The minimum absolute atomic E-state index is 0.0736. The third kappa shape index (κ3) is 3.22. The summed E-state index contributed by atoms with van der Waals surface area (Å²) in [4.78, 5) is 22.4. The molecule has 98 valence electrons. The van der Waals surface area contributed by atoms with Gasteiger partial charge in [-0.15, -0.1) is 0 Å². The van der Waals surface area contributed by atoms with Crippen LogP contribution in [0, 0.1) is 0 Å². The first-order chi connectivity index (χ1) is 8.51. The van der Waals surface area contributed by atoms with E-state index in [1.807, 2.05) is 0 Å². The second-order valence-corrected chi connectivity index (χ2v) is 4.34. The molecule has 0 aromatic heterocycles. The number of carboxylic acids is 1. The van der Waals surface area contributed by atoms with Crippen LogP contribution in [0.25, 0.3) is 0 Å². The Bertz CT molecular complexity index is 470. The molecule has 0 unspecified atom stereocenters. The Morgan fingerprint density at radius 2 is 2.00 bits per heavy atom. The third-order valence-corrected chi connectivity index (χ3v) is 3.16. The Hall–Kier alpha value is -1.56. The number of hydrogen-bond acceptors (Lipinski definition) is 4. The van der Waals surface area contributed by atoms with Crippen LogP contribution in [-0.4, -0.2) is 31.3 Å². The summed E-state index contributed by atoms with van der Waals surface area (Å²) in [5.74, 6) is -1.11. The fourth-order valence-corrected chi connectivity index (χ4v) is 2.10. The second kappa shape index (κ2) is 6.39. The monoisotopic (exact) mass is 316 g/mol. The smallest absolute Gasteiger partial charge is 0.341 e. The second-order valence-electron chi connectivity index (χ2n) is 3.49. The maximum Gasteiger partial charge on any atom is 0.341 e. The highest BCUT2D eigenvalue weighted by atomic mass is 79.9. The first kappa shape index (κ1) is 14.5. The molecule has 18 heavy (non-hydrogen) atoms. The number of esters is 1. The molecule has 5 nitrogen and oxygen atoms in total. The number of carbonyl (C=O) groups excluding carboxylic acids is 1. The molecule has 0 aliphatic rings. The number of methoxy groups -OCH3 is 2. The summed E-state index contributed by atoms with van der Waals surface area (Å²) in [6.07, 6.45) is 0.146. The van der Waals surface area contributed by atoms with Crippen molar-refractivity contribution < 1.29 is 24.2 Å². The Kier molecular flexibility index (Phi) is 5.15. The lowest BCUT2D eigenvalue weighted by Gasteiger charge is -2.13. The zero-order valence-electron chi connectivity index (χ0n) is 10.0. The van der Waals surface area contributed by atoms with Crippen molar-refractivity contribution in [2.75, 3.05) is 14.2 Å². The van der Waals surface area contributed by atoms with Gasteiger partial charge in [0.15, 0.2) is 0 Å². The fourth-order valence-electron chi connectivity index (χ4n) is 1.57. The SMILES string of the molecule is COC(=O)c1c(OC)ccc(Br)c1CCC(=O)O. The summed E-state index contributed by atoms with van der Waals surface area (Å²) in [6.45, 7) is 0. The molecule has 0 amide bonds. The van der Waals surface area contributed by atoms with E-state index in [1.165, 1.54) is 14.2 Å². The van der Waals surface area contributed by atoms with Crippen LogP contribution in [0.5, 0.6) is 5.75 Å². The van der Waals surface area contributed by atoms with Gasteiger partial charge in [0.1, 0.15) is 11.3 Å². The highest BCUT2D eigenvalue weighted by Crippen LogP contribution is 2.30. The molecule has 1 rings (SSSR count). The van der Waals surface area contributed by atoms with Crippen molar-refractivity contribution in [1.82, 2.24) is 0 Å². The number of halogens is 1. The molecule has 1 aromatic carbocycles. The molecule has 0 atom stereocenters. The molecule has 0 heterocycles. The molecule has 1 aromatic rings. The number of hydrogen-bond donors (Lipinski definition) is 1. The lowest BCUT2D eigenvalue weighted by atomic mass is 10.0. The molecule has 0 spiro atoms. The van der Waals surface area contributed by atoms with Crippen LogP contribution in [0.2, 0.25) is 0 Å². The van der Waals surface area contributed by atoms with Crippen LogP contribution in [-0.2, 0) is 16.0 Å². The Morgan fingerprint density at radius 3 is 2.50 bits per heavy atom. The molecule has 0 aliphatic carbocycles. The van der Waals surface area contributed by atoms with E-state index in [-0.39, 0.29) is 18.4 Å². The maximum absolute atomic E-state index is 11.7. The van der Waals surface area contributed by atoms with Gasteiger partial charge < -0.3 is 14.6 Å². The zero-order valence-corrected chi connectivity index (χ0v) is 11.6. The van der Waals surface area contributed by atoms with E-state index < -0.39 is 11.9 Å². The summed E-state index contributed by atoms with van der Waals surface area (Å²) >= 11 is 3.30. The molecule has 0 saturated carbocycles. The van der Waals surface area contributed by atoms with Gasteiger partial charge in [0.05, 0.1) is 14.2 Å². The number of carbonyl (C=O) groups is 2. The topological polar surface area (TPSA) is 72.8 Å². The van der Waals surface area contributed by atoms with Gasteiger partial charge in [-0.25, -0.2) is 4.79 Å². The number of carboxylic acid groups (broad SMARTS) is 1. The van der Waals surface area contributed by atoms with E-state index in [0.29, 0.717) is 15.8 Å². The predicted molar refractivity (Wildman–Crippen MR) is 68.0 cm³/mol. The maximum atomic E-state index is 11.7. The standard InChI is InChI=1S/C12H13BrO5/c1-17-9-5-4-8(13)7(3-6-10(14)15)11(9)12(16)18-2/h4-5H,3,6H2,1-2H3,(H,14,15). The Morgan fingerprint density at radius 1 is 1.33 bits per heavy atom. The van der Waals surface area contributed by atoms with Gasteiger partial charge >= 0.3 is 11.9 Å².